The third-order valence-electron chi connectivity index (χ3n) is 4.11. The predicted octanol–water partition coefficient (Wildman–Crippen LogP) is 3.55. The fourth-order valence-corrected chi connectivity index (χ4v) is 3.24. The van der Waals surface area contributed by atoms with Crippen LogP contribution in [0.2, 0.25) is 5.02 Å². The highest BCUT2D eigenvalue weighted by molar-refractivity contribution is 6.35. The highest BCUT2D eigenvalue weighted by Gasteiger charge is 2.26. The molecule has 0 saturated carbocycles. The van der Waals surface area contributed by atoms with E-state index in [-0.39, 0.29) is 0 Å². The molecule has 2 heterocycles. The average molecular weight is 349 g/mol. The lowest BCUT2D eigenvalue weighted by Crippen LogP contribution is -2.08. The maximum atomic E-state index is 10.6. The van der Waals surface area contributed by atoms with E-state index in [4.69, 9.17) is 11.6 Å². The SMILES string of the molecule is Cc1cn2c(n1)C(O)N=C(c1ccccc1Cl)c1cc(C#N)ccc1-2. The van der Waals surface area contributed by atoms with Crippen LogP contribution in [0, 0.1) is 18.3 Å². The van der Waals surface area contributed by atoms with Gasteiger partial charge in [-0.05, 0) is 31.2 Å². The van der Waals surface area contributed by atoms with Gasteiger partial charge >= 0.3 is 0 Å². The Morgan fingerprint density at radius 3 is 2.76 bits per heavy atom. The van der Waals surface area contributed by atoms with Crippen molar-refractivity contribution in [1.82, 2.24) is 9.55 Å². The first-order valence-corrected chi connectivity index (χ1v) is 8.08. The third kappa shape index (κ3) is 2.52. The highest BCUT2D eigenvalue weighted by Crippen LogP contribution is 2.31. The second-order valence-corrected chi connectivity index (χ2v) is 6.19. The van der Waals surface area contributed by atoms with Crippen LogP contribution < -0.4 is 0 Å². The quantitative estimate of drug-likeness (QED) is 0.730. The Labute approximate surface area is 149 Å². The smallest absolute Gasteiger partial charge is 0.205 e. The molecule has 0 fully saturated rings. The van der Waals surface area contributed by atoms with E-state index in [1.165, 1.54) is 0 Å². The van der Waals surface area contributed by atoms with Gasteiger partial charge in [-0.1, -0.05) is 29.8 Å². The average Bonchev–Trinajstić information content (AvgIpc) is 2.97. The Kier molecular flexibility index (Phi) is 3.65. The summed E-state index contributed by atoms with van der Waals surface area (Å²) >= 11 is 6.36. The molecule has 6 heteroatoms. The minimum absolute atomic E-state index is 0.436. The van der Waals surface area contributed by atoms with Crippen LogP contribution in [-0.4, -0.2) is 20.4 Å². The first-order chi connectivity index (χ1) is 12.1. The molecule has 5 nitrogen and oxygen atoms in total. The van der Waals surface area contributed by atoms with Gasteiger partial charge < -0.3 is 5.11 Å². The summed E-state index contributed by atoms with van der Waals surface area (Å²) in [4.78, 5) is 8.87. The van der Waals surface area contributed by atoms with Gasteiger partial charge in [0.15, 0.2) is 5.82 Å². The molecule has 1 aromatic heterocycles. The molecule has 25 heavy (non-hydrogen) atoms. The number of hydrogen-bond donors (Lipinski definition) is 1. The Morgan fingerprint density at radius 1 is 1.20 bits per heavy atom. The van der Waals surface area contributed by atoms with E-state index in [1.807, 2.05) is 42.0 Å². The standard InChI is InChI=1S/C19H13ClN4O/c1-11-10-24-16-7-6-12(9-21)8-14(16)17(23-19(25)18(24)22-11)13-4-2-3-5-15(13)20/h2-8,10,19,25H,1H3. The molecule has 2 aromatic carbocycles. The molecule has 4 rings (SSSR count). The van der Waals surface area contributed by atoms with Crippen molar-refractivity contribution in [2.75, 3.05) is 0 Å². The minimum Gasteiger partial charge on any atom is -0.365 e. The number of hydrogen-bond acceptors (Lipinski definition) is 4. The molecule has 0 aliphatic carbocycles. The lowest BCUT2D eigenvalue weighted by molar-refractivity contribution is 0.177. The number of imidazole rings is 1. The zero-order valence-electron chi connectivity index (χ0n) is 13.3. The zero-order valence-corrected chi connectivity index (χ0v) is 14.1. The van der Waals surface area contributed by atoms with E-state index in [0.29, 0.717) is 27.7 Å². The number of benzene rings is 2. The fraction of sp³-hybridized carbons (Fsp3) is 0.105. The Bertz CT molecular complexity index is 1060. The number of fused-ring (bicyclic) bond motifs is 3. The monoisotopic (exact) mass is 348 g/mol. The van der Waals surface area contributed by atoms with Crippen LogP contribution in [0.4, 0.5) is 0 Å². The van der Waals surface area contributed by atoms with Gasteiger partial charge in [-0.15, -0.1) is 0 Å². The minimum atomic E-state index is -1.13. The van der Waals surface area contributed by atoms with Gasteiger partial charge in [0, 0.05) is 22.3 Å². The van der Waals surface area contributed by atoms with Crippen LogP contribution in [0.15, 0.2) is 53.7 Å². The Hall–Kier alpha value is -2.94. The molecule has 1 atom stereocenters. The highest BCUT2D eigenvalue weighted by atomic mass is 35.5. The van der Waals surface area contributed by atoms with Crippen molar-refractivity contribution in [3.05, 3.63) is 81.9 Å². The maximum absolute atomic E-state index is 10.6. The summed E-state index contributed by atoms with van der Waals surface area (Å²) in [5, 5.41) is 20.4. The lowest BCUT2D eigenvalue weighted by atomic mass is 9.98. The molecule has 1 unspecified atom stereocenters. The molecule has 0 bridgehead atoms. The van der Waals surface area contributed by atoms with Crippen LogP contribution in [0.5, 0.6) is 0 Å². The Morgan fingerprint density at radius 2 is 2.00 bits per heavy atom. The first kappa shape index (κ1) is 15.6. The predicted molar refractivity (Wildman–Crippen MR) is 95.1 cm³/mol. The normalized spacial score (nSPS) is 15.6. The maximum Gasteiger partial charge on any atom is 0.205 e. The number of rotatable bonds is 1. The Balaban J connectivity index is 2.06. The molecule has 0 amide bonds. The summed E-state index contributed by atoms with van der Waals surface area (Å²) < 4.78 is 1.81. The van der Waals surface area contributed by atoms with Crippen LogP contribution in [0.3, 0.4) is 0 Å². The third-order valence-corrected chi connectivity index (χ3v) is 4.43. The summed E-state index contributed by atoms with van der Waals surface area (Å²) in [6, 6.07) is 14.8. The van der Waals surface area contributed by atoms with Crippen LogP contribution in [0.25, 0.3) is 5.69 Å². The zero-order chi connectivity index (χ0) is 17.6. The fourth-order valence-electron chi connectivity index (χ4n) is 3.01. The molecule has 0 saturated heterocycles. The van der Waals surface area contributed by atoms with Crippen molar-refractivity contribution in [2.24, 2.45) is 4.99 Å². The topological polar surface area (TPSA) is 74.2 Å². The summed E-state index contributed by atoms with van der Waals surface area (Å²) in [5.74, 6) is 0.436. The van der Waals surface area contributed by atoms with E-state index in [9.17, 15) is 10.4 Å². The van der Waals surface area contributed by atoms with Crippen molar-refractivity contribution in [3.63, 3.8) is 0 Å². The first-order valence-electron chi connectivity index (χ1n) is 7.70. The summed E-state index contributed by atoms with van der Waals surface area (Å²) in [7, 11) is 0. The molecular formula is C19H13ClN4O. The van der Waals surface area contributed by atoms with Gasteiger partial charge in [0.05, 0.1) is 28.7 Å². The van der Waals surface area contributed by atoms with Crippen LogP contribution in [-0.2, 0) is 0 Å². The largest absolute Gasteiger partial charge is 0.365 e. The van der Waals surface area contributed by atoms with Gasteiger partial charge in [-0.3, -0.25) is 4.57 Å². The van der Waals surface area contributed by atoms with Gasteiger partial charge in [0.2, 0.25) is 6.23 Å². The summed E-state index contributed by atoms with van der Waals surface area (Å²) in [6.07, 6.45) is 0.715. The van der Waals surface area contributed by atoms with E-state index >= 15 is 0 Å². The molecule has 0 radical (unpaired) electrons. The molecular weight excluding hydrogens is 336 g/mol. The van der Waals surface area contributed by atoms with E-state index in [2.05, 4.69) is 16.0 Å². The number of nitrogens with zero attached hydrogens (tertiary/aromatic N) is 4. The molecule has 3 aromatic rings. The number of aryl methyl sites for hydroxylation is 1. The van der Waals surface area contributed by atoms with Crippen LogP contribution in [0.1, 0.15) is 34.4 Å². The summed E-state index contributed by atoms with van der Waals surface area (Å²) in [5.41, 5.74) is 4.04. The van der Waals surface area contributed by atoms with E-state index < -0.39 is 6.23 Å². The second-order valence-electron chi connectivity index (χ2n) is 5.79. The van der Waals surface area contributed by atoms with Crippen molar-refractivity contribution in [3.8, 4) is 11.8 Å². The van der Waals surface area contributed by atoms with E-state index in [0.717, 1.165) is 16.9 Å². The van der Waals surface area contributed by atoms with Crippen molar-refractivity contribution in [1.29, 1.82) is 5.26 Å². The van der Waals surface area contributed by atoms with Crippen molar-refractivity contribution < 1.29 is 5.11 Å². The van der Waals surface area contributed by atoms with Gasteiger partial charge in [0.1, 0.15) is 0 Å². The molecule has 0 spiro atoms. The molecule has 1 aliphatic rings. The van der Waals surface area contributed by atoms with Crippen molar-refractivity contribution in [2.45, 2.75) is 13.2 Å². The number of aromatic nitrogens is 2. The van der Waals surface area contributed by atoms with E-state index in [1.54, 1.807) is 18.2 Å². The van der Waals surface area contributed by atoms with Gasteiger partial charge in [-0.2, -0.15) is 5.26 Å². The number of aliphatic hydroxyl groups excluding tert-OH is 1. The molecule has 122 valence electrons. The number of halogens is 1. The van der Waals surface area contributed by atoms with Crippen molar-refractivity contribution >= 4 is 17.3 Å². The number of nitriles is 1. The second kappa shape index (κ2) is 5.85. The number of aliphatic imine (C=N–C) groups is 1. The number of aliphatic hydroxyl groups is 1. The van der Waals surface area contributed by atoms with Gasteiger partial charge in [-0.25, -0.2) is 9.98 Å². The summed E-state index contributed by atoms with van der Waals surface area (Å²) in [6.45, 7) is 1.86. The lowest BCUT2D eigenvalue weighted by Gasteiger charge is -2.12. The van der Waals surface area contributed by atoms with Crippen LogP contribution >= 0.6 is 11.6 Å². The molecule has 1 N–H and O–H groups in total. The van der Waals surface area contributed by atoms with Gasteiger partial charge in [0.25, 0.3) is 0 Å². The molecule has 1 aliphatic heterocycles.